The molecule has 0 aliphatic rings. The van der Waals surface area contributed by atoms with Gasteiger partial charge >= 0.3 is 0 Å². The first kappa shape index (κ1) is 15.2. The van der Waals surface area contributed by atoms with Crippen molar-refractivity contribution in [3.63, 3.8) is 0 Å². The average Bonchev–Trinajstić information content (AvgIpc) is 2.93. The summed E-state index contributed by atoms with van der Waals surface area (Å²) in [5.74, 6) is 1.24. The quantitative estimate of drug-likeness (QED) is 0.883. The number of nitrogens with one attached hydrogen (secondary N) is 1. The highest BCUT2D eigenvalue weighted by atomic mass is 16.5. The van der Waals surface area contributed by atoms with Crippen molar-refractivity contribution in [3.8, 4) is 0 Å². The molecular formula is C15H20N4O2. The van der Waals surface area contributed by atoms with E-state index in [9.17, 15) is 4.79 Å². The Balaban J connectivity index is 1.96. The number of aromatic nitrogens is 3. The fraction of sp³-hybridized carbons (Fsp3) is 0.467. The molecule has 1 N–H and O–H groups in total. The van der Waals surface area contributed by atoms with Crippen LogP contribution in [0.25, 0.3) is 0 Å². The number of amides is 1. The van der Waals surface area contributed by atoms with Gasteiger partial charge < -0.3 is 9.84 Å². The molecule has 0 saturated heterocycles. The van der Waals surface area contributed by atoms with Crippen LogP contribution in [-0.2, 0) is 13.0 Å². The number of carbonyl (C=O) groups excluding carboxylic acids is 1. The van der Waals surface area contributed by atoms with Crippen molar-refractivity contribution in [2.75, 3.05) is 0 Å². The Kier molecular flexibility index (Phi) is 5.03. The van der Waals surface area contributed by atoms with Crippen molar-refractivity contribution in [2.24, 2.45) is 0 Å². The van der Waals surface area contributed by atoms with Crippen molar-refractivity contribution in [1.82, 2.24) is 20.4 Å². The van der Waals surface area contributed by atoms with E-state index >= 15 is 0 Å². The minimum atomic E-state index is -0.243. The summed E-state index contributed by atoms with van der Waals surface area (Å²) in [6, 6.07) is 3.47. The zero-order valence-corrected chi connectivity index (χ0v) is 12.6. The maximum atomic E-state index is 12.1. The van der Waals surface area contributed by atoms with Gasteiger partial charge in [0.05, 0.1) is 12.2 Å². The standard InChI is InChI=1S/C15H20N4O2/c1-4-5-11-8-12(21-19-11)9-17-15(20)13-6-7-16-14(18-13)10(2)3/h6-8,10H,4-5,9H2,1-3H3,(H,17,20). The molecule has 0 atom stereocenters. The molecule has 0 unspecified atom stereocenters. The molecule has 2 aromatic heterocycles. The third-order valence-corrected chi connectivity index (χ3v) is 2.96. The van der Waals surface area contributed by atoms with Gasteiger partial charge in [-0.2, -0.15) is 0 Å². The van der Waals surface area contributed by atoms with Crippen LogP contribution in [0.2, 0.25) is 0 Å². The van der Waals surface area contributed by atoms with Crippen molar-refractivity contribution in [1.29, 1.82) is 0 Å². The van der Waals surface area contributed by atoms with E-state index in [0.717, 1.165) is 18.5 Å². The molecule has 6 nitrogen and oxygen atoms in total. The number of hydrogen-bond donors (Lipinski definition) is 1. The van der Waals surface area contributed by atoms with E-state index < -0.39 is 0 Å². The highest BCUT2D eigenvalue weighted by molar-refractivity contribution is 5.92. The molecule has 0 radical (unpaired) electrons. The molecule has 0 aliphatic heterocycles. The fourth-order valence-corrected chi connectivity index (χ4v) is 1.85. The van der Waals surface area contributed by atoms with Gasteiger partial charge in [-0.05, 0) is 12.5 Å². The molecule has 2 heterocycles. The van der Waals surface area contributed by atoms with E-state index in [1.807, 2.05) is 19.9 Å². The summed E-state index contributed by atoms with van der Waals surface area (Å²) in [6.07, 6.45) is 3.49. The molecule has 2 rings (SSSR count). The Morgan fingerprint density at radius 3 is 2.95 bits per heavy atom. The highest BCUT2D eigenvalue weighted by Crippen LogP contribution is 2.09. The molecule has 0 saturated carbocycles. The summed E-state index contributed by atoms with van der Waals surface area (Å²) in [7, 11) is 0. The zero-order chi connectivity index (χ0) is 15.2. The normalized spacial score (nSPS) is 10.9. The first-order chi connectivity index (χ1) is 10.1. The van der Waals surface area contributed by atoms with Crippen molar-refractivity contribution < 1.29 is 9.32 Å². The van der Waals surface area contributed by atoms with Crippen LogP contribution in [0.5, 0.6) is 0 Å². The zero-order valence-electron chi connectivity index (χ0n) is 12.6. The number of rotatable bonds is 6. The maximum absolute atomic E-state index is 12.1. The SMILES string of the molecule is CCCc1cc(CNC(=O)c2ccnc(C(C)C)n2)on1. The van der Waals surface area contributed by atoms with Gasteiger partial charge in [-0.25, -0.2) is 9.97 Å². The minimum Gasteiger partial charge on any atom is -0.359 e. The first-order valence-electron chi connectivity index (χ1n) is 7.15. The van der Waals surface area contributed by atoms with Crippen LogP contribution in [0.3, 0.4) is 0 Å². The van der Waals surface area contributed by atoms with Crippen molar-refractivity contribution in [2.45, 2.75) is 46.1 Å². The Morgan fingerprint density at radius 1 is 1.43 bits per heavy atom. The van der Waals surface area contributed by atoms with Crippen LogP contribution in [0.15, 0.2) is 22.9 Å². The molecule has 0 fully saturated rings. The molecule has 1 amide bonds. The lowest BCUT2D eigenvalue weighted by atomic mass is 10.2. The van der Waals surface area contributed by atoms with Crippen molar-refractivity contribution in [3.05, 3.63) is 41.3 Å². The molecule has 21 heavy (non-hydrogen) atoms. The van der Waals surface area contributed by atoms with Crippen LogP contribution < -0.4 is 5.32 Å². The molecule has 0 aliphatic carbocycles. The second-order valence-electron chi connectivity index (χ2n) is 5.17. The van der Waals surface area contributed by atoms with Crippen LogP contribution in [0.4, 0.5) is 0 Å². The molecule has 6 heteroatoms. The Hall–Kier alpha value is -2.24. The van der Waals surface area contributed by atoms with Crippen LogP contribution in [0.1, 0.15) is 60.9 Å². The second-order valence-corrected chi connectivity index (χ2v) is 5.17. The molecule has 2 aromatic rings. The van der Waals surface area contributed by atoms with Crippen LogP contribution >= 0.6 is 0 Å². The number of carbonyl (C=O) groups is 1. The Labute approximate surface area is 124 Å². The molecular weight excluding hydrogens is 268 g/mol. The van der Waals surface area contributed by atoms with Crippen LogP contribution in [0, 0.1) is 0 Å². The third-order valence-electron chi connectivity index (χ3n) is 2.96. The monoisotopic (exact) mass is 288 g/mol. The molecule has 0 bridgehead atoms. The van der Waals surface area contributed by atoms with Gasteiger partial charge in [0, 0.05) is 18.2 Å². The number of hydrogen-bond acceptors (Lipinski definition) is 5. The van der Waals surface area contributed by atoms with Crippen LogP contribution in [-0.4, -0.2) is 21.0 Å². The molecule has 0 aromatic carbocycles. The van der Waals surface area contributed by atoms with E-state index in [2.05, 4.69) is 27.4 Å². The van der Waals surface area contributed by atoms with Gasteiger partial charge in [0.2, 0.25) is 0 Å². The lowest BCUT2D eigenvalue weighted by Crippen LogP contribution is -2.24. The summed E-state index contributed by atoms with van der Waals surface area (Å²) < 4.78 is 5.17. The summed E-state index contributed by atoms with van der Waals surface area (Å²) in [5, 5.41) is 6.72. The second kappa shape index (κ2) is 6.97. The van der Waals surface area contributed by atoms with E-state index in [4.69, 9.17) is 4.52 Å². The summed E-state index contributed by atoms with van der Waals surface area (Å²) in [4.78, 5) is 20.5. The first-order valence-corrected chi connectivity index (χ1v) is 7.15. The lowest BCUT2D eigenvalue weighted by Gasteiger charge is -2.06. The van der Waals surface area contributed by atoms with Gasteiger partial charge in [0.15, 0.2) is 5.76 Å². The topological polar surface area (TPSA) is 80.9 Å². The Morgan fingerprint density at radius 2 is 2.24 bits per heavy atom. The summed E-state index contributed by atoms with van der Waals surface area (Å²) in [5.41, 5.74) is 1.27. The summed E-state index contributed by atoms with van der Waals surface area (Å²) in [6.45, 7) is 6.36. The third kappa shape index (κ3) is 4.11. The number of nitrogens with zero attached hydrogens (tertiary/aromatic N) is 3. The number of aryl methyl sites for hydroxylation is 1. The fourth-order valence-electron chi connectivity index (χ4n) is 1.85. The van der Waals surface area contributed by atoms with E-state index in [1.165, 1.54) is 0 Å². The van der Waals surface area contributed by atoms with Gasteiger partial charge in [0.1, 0.15) is 11.5 Å². The molecule has 0 spiro atoms. The molecule has 112 valence electrons. The van der Waals surface area contributed by atoms with Gasteiger partial charge in [-0.1, -0.05) is 32.3 Å². The summed E-state index contributed by atoms with van der Waals surface area (Å²) >= 11 is 0. The van der Waals surface area contributed by atoms with Gasteiger partial charge in [0.25, 0.3) is 5.91 Å². The highest BCUT2D eigenvalue weighted by Gasteiger charge is 2.11. The van der Waals surface area contributed by atoms with Gasteiger partial charge in [-0.15, -0.1) is 0 Å². The average molecular weight is 288 g/mol. The Bertz CT molecular complexity index is 607. The minimum absolute atomic E-state index is 0.184. The van der Waals surface area contributed by atoms with E-state index in [0.29, 0.717) is 23.8 Å². The van der Waals surface area contributed by atoms with Gasteiger partial charge in [-0.3, -0.25) is 4.79 Å². The predicted molar refractivity (Wildman–Crippen MR) is 77.8 cm³/mol. The largest absolute Gasteiger partial charge is 0.359 e. The smallest absolute Gasteiger partial charge is 0.270 e. The predicted octanol–water partition coefficient (Wildman–Crippen LogP) is 2.47. The van der Waals surface area contributed by atoms with E-state index in [-0.39, 0.29) is 11.8 Å². The van der Waals surface area contributed by atoms with Crippen molar-refractivity contribution >= 4 is 5.91 Å². The maximum Gasteiger partial charge on any atom is 0.270 e. The van der Waals surface area contributed by atoms with E-state index in [1.54, 1.807) is 12.3 Å². The lowest BCUT2D eigenvalue weighted by molar-refractivity contribution is 0.0941.